The van der Waals surface area contributed by atoms with Gasteiger partial charge < -0.3 is 5.32 Å². The van der Waals surface area contributed by atoms with Crippen molar-refractivity contribution in [2.24, 2.45) is 0 Å². The van der Waals surface area contributed by atoms with Crippen molar-refractivity contribution in [3.63, 3.8) is 0 Å². The molecule has 0 bridgehead atoms. The molecule has 1 heterocycles. The molecule has 0 radical (unpaired) electrons. The zero-order valence-corrected chi connectivity index (χ0v) is 14.3. The highest BCUT2D eigenvalue weighted by atomic mass is 35.5. The zero-order valence-electron chi connectivity index (χ0n) is 13.6. The monoisotopic (exact) mass is 339 g/mol. The Hall–Kier alpha value is -2.59. The average molecular weight is 340 g/mol. The number of hydrogen-bond donors (Lipinski definition) is 1. The number of nitrogens with zero attached hydrogens (tertiary/aromatic N) is 2. The zero-order chi connectivity index (χ0) is 17.1. The van der Waals surface area contributed by atoms with Crippen molar-refractivity contribution in [1.29, 1.82) is 0 Å². The van der Waals surface area contributed by atoms with Crippen LogP contribution in [0, 0.1) is 13.8 Å². The van der Waals surface area contributed by atoms with E-state index in [-0.39, 0.29) is 5.56 Å². The second kappa shape index (κ2) is 6.89. The summed E-state index contributed by atoms with van der Waals surface area (Å²) < 4.78 is 1.62. The summed E-state index contributed by atoms with van der Waals surface area (Å²) in [5, 5.41) is 3.92. The van der Waals surface area contributed by atoms with Crippen molar-refractivity contribution in [2.75, 3.05) is 5.32 Å². The van der Waals surface area contributed by atoms with Gasteiger partial charge in [0, 0.05) is 22.5 Å². The largest absolute Gasteiger partial charge is 0.326 e. The third-order valence-electron chi connectivity index (χ3n) is 3.66. The molecule has 3 rings (SSSR count). The molecule has 0 saturated carbocycles. The first-order valence-electron chi connectivity index (χ1n) is 7.68. The van der Waals surface area contributed by atoms with Crippen molar-refractivity contribution in [3.05, 3.63) is 86.8 Å². The number of aryl methyl sites for hydroxylation is 2. The Bertz CT molecular complexity index is 917. The third-order valence-corrected chi connectivity index (χ3v) is 3.92. The summed E-state index contributed by atoms with van der Waals surface area (Å²) in [6.45, 7) is 4.27. The Kier molecular flexibility index (Phi) is 4.67. The van der Waals surface area contributed by atoms with Gasteiger partial charge in [0.25, 0.3) is 5.56 Å². The molecule has 2 aromatic carbocycles. The summed E-state index contributed by atoms with van der Waals surface area (Å²) in [5.41, 5.74) is 3.62. The second-order valence-corrected chi connectivity index (χ2v) is 6.20. The second-order valence-electron chi connectivity index (χ2n) is 5.77. The fourth-order valence-corrected chi connectivity index (χ4v) is 2.62. The quantitative estimate of drug-likeness (QED) is 0.770. The molecule has 3 aromatic rings. The van der Waals surface area contributed by atoms with E-state index < -0.39 is 0 Å². The van der Waals surface area contributed by atoms with E-state index in [0.29, 0.717) is 23.2 Å². The van der Waals surface area contributed by atoms with E-state index in [2.05, 4.69) is 10.3 Å². The van der Waals surface area contributed by atoms with Crippen LogP contribution in [0.3, 0.4) is 0 Å². The van der Waals surface area contributed by atoms with Crippen LogP contribution in [0.2, 0.25) is 5.02 Å². The van der Waals surface area contributed by atoms with Gasteiger partial charge in [-0.05, 0) is 49.2 Å². The number of anilines is 2. The molecule has 0 atom stereocenters. The van der Waals surface area contributed by atoms with Gasteiger partial charge >= 0.3 is 0 Å². The van der Waals surface area contributed by atoms with Crippen LogP contribution in [0.5, 0.6) is 0 Å². The summed E-state index contributed by atoms with van der Waals surface area (Å²) in [7, 11) is 0. The summed E-state index contributed by atoms with van der Waals surface area (Å²) in [5.74, 6) is 0.528. The number of benzene rings is 2. The number of halogens is 1. The lowest BCUT2D eigenvalue weighted by molar-refractivity contribution is 0.743. The maximum Gasteiger partial charge on any atom is 0.255 e. The topological polar surface area (TPSA) is 46.9 Å². The average Bonchev–Trinajstić information content (AvgIpc) is 2.52. The van der Waals surface area contributed by atoms with Gasteiger partial charge in [-0.3, -0.25) is 9.36 Å². The Labute approximate surface area is 145 Å². The minimum atomic E-state index is -0.0902. The van der Waals surface area contributed by atoms with Gasteiger partial charge in [0.15, 0.2) is 0 Å². The molecule has 0 amide bonds. The number of rotatable bonds is 4. The first kappa shape index (κ1) is 16.3. The molecule has 5 heteroatoms. The molecular weight excluding hydrogens is 322 g/mol. The van der Waals surface area contributed by atoms with Crippen LogP contribution in [0.25, 0.3) is 0 Å². The SMILES string of the molecule is Cc1cccc(Nc2nc(C)cc(=O)n2Cc2ccc(Cl)cc2)c1. The third kappa shape index (κ3) is 3.84. The fraction of sp³-hybridized carbons (Fsp3) is 0.158. The summed E-state index contributed by atoms with van der Waals surface area (Å²) in [6.07, 6.45) is 0. The summed E-state index contributed by atoms with van der Waals surface area (Å²) in [4.78, 5) is 16.9. The fourth-order valence-electron chi connectivity index (χ4n) is 2.49. The highest BCUT2D eigenvalue weighted by Gasteiger charge is 2.09. The molecular formula is C19H18ClN3O. The van der Waals surface area contributed by atoms with Gasteiger partial charge in [-0.2, -0.15) is 0 Å². The van der Waals surface area contributed by atoms with Crippen LogP contribution in [-0.4, -0.2) is 9.55 Å². The van der Waals surface area contributed by atoms with Gasteiger partial charge in [-0.25, -0.2) is 4.98 Å². The number of nitrogens with one attached hydrogen (secondary N) is 1. The lowest BCUT2D eigenvalue weighted by Crippen LogP contribution is -2.24. The van der Waals surface area contributed by atoms with Gasteiger partial charge in [0.2, 0.25) is 5.95 Å². The van der Waals surface area contributed by atoms with Crippen molar-refractivity contribution < 1.29 is 0 Å². The van der Waals surface area contributed by atoms with E-state index in [1.54, 1.807) is 4.57 Å². The van der Waals surface area contributed by atoms with Gasteiger partial charge in [-0.15, -0.1) is 0 Å². The lowest BCUT2D eigenvalue weighted by atomic mass is 10.2. The normalized spacial score (nSPS) is 10.6. The summed E-state index contributed by atoms with van der Waals surface area (Å²) >= 11 is 5.93. The van der Waals surface area contributed by atoms with Crippen LogP contribution >= 0.6 is 11.6 Å². The molecule has 1 N–H and O–H groups in total. The van der Waals surface area contributed by atoms with Crippen LogP contribution in [0.15, 0.2) is 59.4 Å². The molecule has 0 aliphatic carbocycles. The Morgan fingerprint density at radius 1 is 1.08 bits per heavy atom. The number of hydrogen-bond acceptors (Lipinski definition) is 3. The van der Waals surface area contributed by atoms with E-state index in [9.17, 15) is 4.79 Å². The smallest absolute Gasteiger partial charge is 0.255 e. The molecule has 0 unspecified atom stereocenters. The molecule has 0 fully saturated rings. The Morgan fingerprint density at radius 3 is 2.54 bits per heavy atom. The highest BCUT2D eigenvalue weighted by Crippen LogP contribution is 2.17. The minimum Gasteiger partial charge on any atom is -0.326 e. The molecule has 0 aliphatic heterocycles. The maximum absolute atomic E-state index is 12.4. The van der Waals surface area contributed by atoms with E-state index in [4.69, 9.17) is 11.6 Å². The van der Waals surface area contributed by atoms with Crippen molar-refractivity contribution in [1.82, 2.24) is 9.55 Å². The van der Waals surface area contributed by atoms with Crippen LogP contribution in [0.1, 0.15) is 16.8 Å². The molecule has 4 nitrogen and oxygen atoms in total. The first-order chi connectivity index (χ1) is 11.5. The Balaban J connectivity index is 1.98. The molecule has 0 aliphatic rings. The molecule has 122 valence electrons. The van der Waals surface area contributed by atoms with Crippen LogP contribution < -0.4 is 10.9 Å². The van der Waals surface area contributed by atoms with Crippen LogP contribution in [-0.2, 0) is 6.54 Å². The molecule has 0 spiro atoms. The predicted molar refractivity (Wildman–Crippen MR) is 98.2 cm³/mol. The van der Waals surface area contributed by atoms with Crippen molar-refractivity contribution in [3.8, 4) is 0 Å². The van der Waals surface area contributed by atoms with Crippen molar-refractivity contribution in [2.45, 2.75) is 20.4 Å². The predicted octanol–water partition coefficient (Wildman–Crippen LogP) is 4.31. The van der Waals surface area contributed by atoms with Gasteiger partial charge in [0.05, 0.1) is 6.54 Å². The first-order valence-corrected chi connectivity index (χ1v) is 8.06. The minimum absolute atomic E-state index is 0.0902. The maximum atomic E-state index is 12.4. The molecule has 1 aromatic heterocycles. The highest BCUT2D eigenvalue weighted by molar-refractivity contribution is 6.30. The van der Waals surface area contributed by atoms with E-state index >= 15 is 0 Å². The molecule has 24 heavy (non-hydrogen) atoms. The molecule has 0 saturated heterocycles. The number of aromatic nitrogens is 2. The van der Waals surface area contributed by atoms with Gasteiger partial charge in [-0.1, -0.05) is 35.9 Å². The standard InChI is InChI=1S/C19H18ClN3O/c1-13-4-3-5-17(10-13)22-19-21-14(2)11-18(24)23(19)12-15-6-8-16(20)9-7-15/h3-11H,12H2,1-2H3,(H,21,22). The van der Waals surface area contributed by atoms with E-state index in [1.807, 2.05) is 62.4 Å². The Morgan fingerprint density at radius 2 is 1.83 bits per heavy atom. The van der Waals surface area contributed by atoms with Gasteiger partial charge in [0.1, 0.15) is 0 Å². The van der Waals surface area contributed by atoms with E-state index in [0.717, 1.165) is 16.8 Å². The summed E-state index contributed by atoms with van der Waals surface area (Å²) in [6, 6.07) is 16.9. The van der Waals surface area contributed by atoms with Crippen molar-refractivity contribution >= 4 is 23.2 Å². The lowest BCUT2D eigenvalue weighted by Gasteiger charge is -2.14. The van der Waals surface area contributed by atoms with E-state index in [1.165, 1.54) is 6.07 Å². The van der Waals surface area contributed by atoms with Crippen LogP contribution in [0.4, 0.5) is 11.6 Å².